The molecule has 118 valence electrons. The van der Waals surface area contributed by atoms with Crippen LogP contribution in [-0.2, 0) is 11.3 Å². The minimum absolute atomic E-state index is 0.0703. The quantitative estimate of drug-likeness (QED) is 0.905. The van der Waals surface area contributed by atoms with E-state index >= 15 is 0 Å². The lowest BCUT2D eigenvalue weighted by Crippen LogP contribution is -2.48. The van der Waals surface area contributed by atoms with Crippen molar-refractivity contribution < 1.29 is 23.4 Å². The molecule has 1 N–H and O–H groups in total. The first kappa shape index (κ1) is 16.4. The van der Waals surface area contributed by atoms with Crippen molar-refractivity contribution in [2.75, 3.05) is 19.8 Å². The van der Waals surface area contributed by atoms with Crippen molar-refractivity contribution >= 4 is 11.6 Å². The summed E-state index contributed by atoms with van der Waals surface area (Å²) in [6, 6.07) is 4.70. The van der Waals surface area contributed by atoms with E-state index in [2.05, 4.69) is 4.74 Å². The number of ether oxygens (including phenoxy) is 2. The predicted molar refractivity (Wildman–Crippen MR) is 74.8 cm³/mol. The Morgan fingerprint density at radius 2 is 2.29 bits per heavy atom. The fourth-order valence-electron chi connectivity index (χ4n) is 2.31. The molecule has 4 nitrogen and oxygen atoms in total. The van der Waals surface area contributed by atoms with Gasteiger partial charge in [-0.25, -0.2) is 0 Å². The molecule has 0 bridgehead atoms. The van der Waals surface area contributed by atoms with Crippen molar-refractivity contribution in [3.05, 3.63) is 28.8 Å². The topological polar surface area (TPSA) is 41.9 Å². The normalized spacial score (nSPS) is 23.5. The molecule has 21 heavy (non-hydrogen) atoms. The van der Waals surface area contributed by atoms with Gasteiger partial charge in [-0.15, -0.1) is 0 Å². The number of hydrogen-bond acceptors (Lipinski definition) is 4. The van der Waals surface area contributed by atoms with Crippen LogP contribution < -0.4 is 4.74 Å². The van der Waals surface area contributed by atoms with E-state index in [1.165, 1.54) is 12.1 Å². The molecule has 2 atom stereocenters. The van der Waals surface area contributed by atoms with Crippen molar-refractivity contribution in [1.82, 2.24) is 4.90 Å². The number of aliphatic hydroxyl groups excluding tert-OH is 1. The Hall–Kier alpha value is -0.950. The molecule has 1 saturated heterocycles. The number of alkyl halides is 2. The predicted octanol–water partition coefficient (Wildman–Crippen LogP) is 2.52. The molecule has 1 aromatic carbocycles. The van der Waals surface area contributed by atoms with Crippen LogP contribution in [0.15, 0.2) is 18.2 Å². The van der Waals surface area contributed by atoms with Gasteiger partial charge in [0.15, 0.2) is 0 Å². The molecular formula is C14H18ClF2NO3. The molecule has 1 aromatic rings. The number of benzene rings is 1. The fraction of sp³-hybridized carbons (Fsp3) is 0.571. The second kappa shape index (κ2) is 7.35. The van der Waals surface area contributed by atoms with Gasteiger partial charge in [0.25, 0.3) is 0 Å². The fourth-order valence-corrected chi connectivity index (χ4v) is 2.50. The third-order valence-corrected chi connectivity index (χ3v) is 3.69. The van der Waals surface area contributed by atoms with Gasteiger partial charge in [0, 0.05) is 29.7 Å². The zero-order valence-corrected chi connectivity index (χ0v) is 12.4. The van der Waals surface area contributed by atoms with Crippen LogP contribution in [0, 0.1) is 0 Å². The van der Waals surface area contributed by atoms with Crippen LogP contribution in [0.2, 0.25) is 5.02 Å². The van der Waals surface area contributed by atoms with Crippen LogP contribution in [0.5, 0.6) is 5.75 Å². The minimum Gasteiger partial charge on any atom is -0.434 e. The number of aliphatic hydroxyl groups is 1. The Labute approximate surface area is 127 Å². The van der Waals surface area contributed by atoms with Gasteiger partial charge in [0.05, 0.1) is 19.3 Å². The molecule has 1 fully saturated rings. The van der Waals surface area contributed by atoms with Crippen molar-refractivity contribution in [1.29, 1.82) is 0 Å². The van der Waals surface area contributed by atoms with E-state index in [0.29, 0.717) is 30.3 Å². The van der Waals surface area contributed by atoms with E-state index in [1.807, 2.05) is 11.8 Å². The molecule has 2 rings (SSSR count). The van der Waals surface area contributed by atoms with E-state index < -0.39 is 6.61 Å². The van der Waals surface area contributed by atoms with Gasteiger partial charge in [-0.2, -0.15) is 8.78 Å². The Bertz CT molecular complexity index is 476. The zero-order chi connectivity index (χ0) is 15.4. The third-order valence-electron chi connectivity index (χ3n) is 3.45. The van der Waals surface area contributed by atoms with Crippen LogP contribution in [-0.4, -0.2) is 48.5 Å². The second-order valence-corrected chi connectivity index (χ2v) is 5.48. The summed E-state index contributed by atoms with van der Waals surface area (Å²) in [7, 11) is 0. The molecule has 1 aliphatic rings. The van der Waals surface area contributed by atoms with E-state index in [1.54, 1.807) is 6.07 Å². The van der Waals surface area contributed by atoms with Gasteiger partial charge in [-0.1, -0.05) is 11.6 Å². The van der Waals surface area contributed by atoms with Crippen molar-refractivity contribution in [3.63, 3.8) is 0 Å². The number of rotatable bonds is 5. The Balaban J connectivity index is 2.15. The molecule has 0 saturated carbocycles. The highest BCUT2D eigenvalue weighted by atomic mass is 35.5. The Kier molecular flexibility index (Phi) is 5.75. The molecule has 1 aliphatic heterocycles. The van der Waals surface area contributed by atoms with Crippen LogP contribution in [0.4, 0.5) is 8.78 Å². The van der Waals surface area contributed by atoms with E-state index in [4.69, 9.17) is 16.3 Å². The summed E-state index contributed by atoms with van der Waals surface area (Å²) < 4.78 is 34.9. The van der Waals surface area contributed by atoms with Crippen molar-refractivity contribution in [2.45, 2.75) is 32.2 Å². The summed E-state index contributed by atoms with van der Waals surface area (Å²) in [6.45, 7) is 0.446. The van der Waals surface area contributed by atoms with E-state index in [-0.39, 0.29) is 24.5 Å². The number of morpholine rings is 1. The molecule has 1 heterocycles. The monoisotopic (exact) mass is 321 g/mol. The lowest BCUT2D eigenvalue weighted by Gasteiger charge is -2.37. The third kappa shape index (κ3) is 4.51. The molecule has 0 aliphatic carbocycles. The van der Waals surface area contributed by atoms with Crippen LogP contribution >= 0.6 is 11.6 Å². The average molecular weight is 322 g/mol. The molecule has 0 spiro atoms. The Morgan fingerprint density at radius 3 is 2.95 bits per heavy atom. The average Bonchev–Trinajstić information content (AvgIpc) is 2.44. The summed E-state index contributed by atoms with van der Waals surface area (Å²) in [6.07, 6.45) is -0.264. The molecule has 0 radical (unpaired) electrons. The lowest BCUT2D eigenvalue weighted by atomic mass is 10.1. The van der Waals surface area contributed by atoms with Crippen molar-refractivity contribution in [3.8, 4) is 5.75 Å². The first-order valence-electron chi connectivity index (χ1n) is 6.69. The number of hydrogen-bond donors (Lipinski definition) is 1. The molecule has 0 amide bonds. The summed E-state index contributed by atoms with van der Waals surface area (Å²) in [5.74, 6) is 0.119. The van der Waals surface area contributed by atoms with Gasteiger partial charge in [0.1, 0.15) is 5.75 Å². The van der Waals surface area contributed by atoms with Crippen LogP contribution in [0.1, 0.15) is 12.5 Å². The largest absolute Gasteiger partial charge is 0.434 e. The highest BCUT2D eigenvalue weighted by Gasteiger charge is 2.26. The second-order valence-electron chi connectivity index (χ2n) is 5.05. The highest BCUT2D eigenvalue weighted by Crippen LogP contribution is 2.27. The minimum atomic E-state index is -2.88. The maximum atomic E-state index is 12.5. The van der Waals surface area contributed by atoms with Gasteiger partial charge in [-0.05, 0) is 25.1 Å². The van der Waals surface area contributed by atoms with Crippen molar-refractivity contribution in [2.24, 2.45) is 0 Å². The first-order valence-corrected chi connectivity index (χ1v) is 7.07. The molecule has 7 heteroatoms. The maximum Gasteiger partial charge on any atom is 0.387 e. The number of halogens is 3. The first-order chi connectivity index (χ1) is 9.99. The van der Waals surface area contributed by atoms with Gasteiger partial charge < -0.3 is 14.6 Å². The number of nitrogens with zero attached hydrogens (tertiary/aromatic N) is 1. The Morgan fingerprint density at radius 1 is 1.52 bits per heavy atom. The highest BCUT2D eigenvalue weighted by molar-refractivity contribution is 6.30. The molecule has 2 unspecified atom stereocenters. The van der Waals surface area contributed by atoms with E-state index in [9.17, 15) is 13.9 Å². The van der Waals surface area contributed by atoms with Gasteiger partial charge >= 0.3 is 6.61 Å². The van der Waals surface area contributed by atoms with Gasteiger partial charge in [-0.3, -0.25) is 4.90 Å². The molecular weight excluding hydrogens is 304 g/mol. The smallest absolute Gasteiger partial charge is 0.387 e. The van der Waals surface area contributed by atoms with Crippen LogP contribution in [0.3, 0.4) is 0 Å². The maximum absolute atomic E-state index is 12.5. The van der Waals surface area contributed by atoms with Gasteiger partial charge in [0.2, 0.25) is 0 Å². The molecule has 0 aromatic heterocycles. The zero-order valence-electron chi connectivity index (χ0n) is 11.6. The summed E-state index contributed by atoms with van der Waals surface area (Å²) in [4.78, 5) is 2.05. The summed E-state index contributed by atoms with van der Waals surface area (Å²) >= 11 is 5.94. The SMILES string of the molecule is CC1COC(CO)CN1Cc1cc(Cl)ccc1OC(F)F. The standard InChI is InChI=1S/C14H18ClF2NO3/c1-9-8-20-12(7-19)6-18(9)5-10-4-11(15)2-3-13(10)21-14(16)17/h2-4,9,12,14,19H,5-8H2,1H3. The lowest BCUT2D eigenvalue weighted by molar-refractivity contribution is -0.0817. The summed E-state index contributed by atoms with van der Waals surface area (Å²) in [5.41, 5.74) is 0.591. The van der Waals surface area contributed by atoms with E-state index in [0.717, 1.165) is 0 Å². The van der Waals surface area contributed by atoms with Crippen LogP contribution in [0.25, 0.3) is 0 Å². The summed E-state index contributed by atoms with van der Waals surface area (Å²) in [5, 5.41) is 9.65.